The molecule has 0 spiro atoms. The fourth-order valence-corrected chi connectivity index (χ4v) is 9.54. The summed E-state index contributed by atoms with van der Waals surface area (Å²) in [4.78, 5) is 10.6. The Balaban J connectivity index is 1.36. The normalized spacial score (nSPS) is 12.0. The Morgan fingerprint density at radius 3 is 2.04 bits per heavy atom. The second kappa shape index (κ2) is 9.57. The van der Waals surface area contributed by atoms with Crippen LogP contribution in [-0.2, 0) is 0 Å². The number of hydrogen-bond acceptors (Lipinski definition) is 4. The van der Waals surface area contributed by atoms with Crippen molar-refractivity contribution in [3.8, 4) is 28.3 Å². The van der Waals surface area contributed by atoms with Gasteiger partial charge in [-0.3, -0.25) is 4.57 Å². The monoisotopic (exact) mass is 609 g/mol. The second-order valence-electron chi connectivity index (χ2n) is 11.4. The van der Waals surface area contributed by atoms with Crippen molar-refractivity contribution >= 4 is 85.0 Å². The van der Waals surface area contributed by atoms with Gasteiger partial charge in [0, 0.05) is 42.6 Å². The molecule has 10 rings (SSSR count). The molecule has 0 N–H and O–H groups in total. The van der Waals surface area contributed by atoms with Gasteiger partial charge >= 0.3 is 0 Å². The van der Waals surface area contributed by atoms with Crippen LogP contribution in [0.2, 0.25) is 0 Å². The molecule has 10 aromatic rings. The molecule has 0 aliphatic carbocycles. The Morgan fingerprint density at radius 2 is 1.20 bits per heavy atom. The van der Waals surface area contributed by atoms with Crippen LogP contribution in [0.3, 0.4) is 0 Å². The summed E-state index contributed by atoms with van der Waals surface area (Å²) in [5.41, 5.74) is 7.63. The summed E-state index contributed by atoms with van der Waals surface area (Å²) in [6.07, 6.45) is 0. The van der Waals surface area contributed by atoms with Crippen LogP contribution in [0.15, 0.2) is 140 Å². The third-order valence-corrected chi connectivity index (χ3v) is 11.3. The Hall–Kier alpha value is -5.36. The van der Waals surface area contributed by atoms with Gasteiger partial charge in [-0.25, -0.2) is 9.97 Å². The molecule has 210 valence electrons. The molecule has 5 heteroatoms. The van der Waals surface area contributed by atoms with Gasteiger partial charge < -0.3 is 0 Å². The molecule has 0 aliphatic rings. The van der Waals surface area contributed by atoms with Crippen LogP contribution in [0.25, 0.3) is 90.6 Å². The minimum absolute atomic E-state index is 0.689. The maximum Gasteiger partial charge on any atom is 0.235 e. The number of fused-ring (bicyclic) bond motifs is 10. The summed E-state index contributed by atoms with van der Waals surface area (Å²) in [5.74, 6) is 0.689. The minimum Gasteiger partial charge on any atom is -0.276 e. The molecule has 0 saturated heterocycles. The lowest BCUT2D eigenvalue weighted by Gasteiger charge is -2.12. The summed E-state index contributed by atoms with van der Waals surface area (Å²) in [5, 5.41) is 7.43. The van der Waals surface area contributed by atoms with Crippen molar-refractivity contribution in [2.24, 2.45) is 0 Å². The van der Waals surface area contributed by atoms with Gasteiger partial charge in [0.2, 0.25) is 5.95 Å². The summed E-state index contributed by atoms with van der Waals surface area (Å²) in [6, 6.07) is 49.6. The molecule has 0 radical (unpaired) electrons. The Labute approximate surface area is 266 Å². The van der Waals surface area contributed by atoms with Crippen LogP contribution in [0.1, 0.15) is 0 Å². The number of rotatable bonds is 3. The van der Waals surface area contributed by atoms with Crippen LogP contribution in [-0.4, -0.2) is 14.5 Å². The molecule has 6 aromatic carbocycles. The van der Waals surface area contributed by atoms with Crippen LogP contribution in [0.5, 0.6) is 0 Å². The Kier molecular flexibility index (Phi) is 5.32. The summed E-state index contributed by atoms with van der Waals surface area (Å²) < 4.78 is 6.27. The van der Waals surface area contributed by atoms with Gasteiger partial charge in [-0.1, -0.05) is 115 Å². The maximum absolute atomic E-state index is 5.35. The third kappa shape index (κ3) is 3.69. The van der Waals surface area contributed by atoms with Crippen molar-refractivity contribution in [2.75, 3.05) is 0 Å². The number of benzene rings is 6. The smallest absolute Gasteiger partial charge is 0.235 e. The number of para-hydroxylation sites is 1. The predicted molar refractivity (Wildman–Crippen MR) is 193 cm³/mol. The van der Waals surface area contributed by atoms with Crippen LogP contribution < -0.4 is 0 Å². The van der Waals surface area contributed by atoms with E-state index in [0.717, 1.165) is 27.7 Å². The first-order chi connectivity index (χ1) is 22.3. The van der Waals surface area contributed by atoms with Gasteiger partial charge in [0.25, 0.3) is 0 Å². The summed E-state index contributed by atoms with van der Waals surface area (Å²) in [6.45, 7) is 0. The van der Waals surface area contributed by atoms with Crippen molar-refractivity contribution in [1.29, 1.82) is 0 Å². The molecule has 0 amide bonds. The van der Waals surface area contributed by atoms with E-state index < -0.39 is 0 Å². The topological polar surface area (TPSA) is 30.7 Å². The van der Waals surface area contributed by atoms with Gasteiger partial charge in [0.1, 0.15) is 0 Å². The summed E-state index contributed by atoms with van der Waals surface area (Å²) in [7, 11) is 0. The molecule has 4 aromatic heterocycles. The van der Waals surface area contributed by atoms with E-state index in [-0.39, 0.29) is 0 Å². The fourth-order valence-electron chi connectivity index (χ4n) is 6.82. The van der Waals surface area contributed by atoms with Crippen LogP contribution in [0, 0.1) is 0 Å². The van der Waals surface area contributed by atoms with E-state index in [9.17, 15) is 0 Å². The van der Waals surface area contributed by atoms with Crippen LogP contribution in [0.4, 0.5) is 0 Å². The highest BCUT2D eigenvalue weighted by Gasteiger charge is 2.22. The van der Waals surface area contributed by atoms with E-state index in [1.807, 2.05) is 28.7 Å². The molecule has 0 atom stereocenters. The first-order valence-corrected chi connectivity index (χ1v) is 16.6. The molecule has 0 unspecified atom stereocenters. The van der Waals surface area contributed by atoms with Gasteiger partial charge in [0.15, 0.2) is 0 Å². The molecule has 0 fully saturated rings. The molecule has 0 saturated carbocycles. The molecule has 3 nitrogen and oxygen atoms in total. The lowest BCUT2D eigenvalue weighted by Crippen LogP contribution is -2.03. The number of thiophene rings is 2. The van der Waals surface area contributed by atoms with Gasteiger partial charge in [-0.05, 0) is 35.4 Å². The van der Waals surface area contributed by atoms with Gasteiger partial charge in [-0.15, -0.1) is 22.7 Å². The highest BCUT2D eigenvalue weighted by Crippen LogP contribution is 2.48. The molecule has 45 heavy (non-hydrogen) atoms. The molecule has 0 aliphatic heterocycles. The lowest BCUT2D eigenvalue weighted by atomic mass is 10.0. The SMILES string of the molecule is c1ccc(-c2ccc3c(c2)c2ccc4c(sc5sc6ccccc6c54)c2n3-c2nc(-c3ccccc3)c3ccccc3n2)cc1. The highest BCUT2D eigenvalue weighted by atomic mass is 32.2. The average Bonchev–Trinajstić information content (AvgIpc) is 3.76. The van der Waals surface area contributed by atoms with E-state index in [2.05, 4.69) is 138 Å². The quantitative estimate of drug-likeness (QED) is 0.199. The first-order valence-electron chi connectivity index (χ1n) is 15.0. The minimum atomic E-state index is 0.689. The van der Waals surface area contributed by atoms with Crippen molar-refractivity contribution in [1.82, 2.24) is 14.5 Å². The molecule has 4 heterocycles. The van der Waals surface area contributed by atoms with Crippen molar-refractivity contribution in [3.63, 3.8) is 0 Å². The van der Waals surface area contributed by atoms with Crippen molar-refractivity contribution < 1.29 is 0 Å². The Morgan fingerprint density at radius 1 is 0.489 bits per heavy atom. The zero-order chi connectivity index (χ0) is 29.5. The summed E-state index contributed by atoms with van der Waals surface area (Å²) >= 11 is 3.77. The first kappa shape index (κ1) is 25.0. The van der Waals surface area contributed by atoms with E-state index in [0.29, 0.717) is 5.95 Å². The van der Waals surface area contributed by atoms with Gasteiger partial charge in [-0.2, -0.15) is 0 Å². The molecular weight excluding hydrogens is 587 g/mol. The lowest BCUT2D eigenvalue weighted by molar-refractivity contribution is 1.02. The van der Waals surface area contributed by atoms with Crippen molar-refractivity contribution in [2.45, 2.75) is 0 Å². The number of nitrogens with zero attached hydrogens (tertiary/aromatic N) is 3. The van der Waals surface area contributed by atoms with Crippen LogP contribution >= 0.6 is 22.7 Å². The standard InChI is InChI=1S/C40H23N3S2/c1-3-11-24(12-4-1)26-19-22-33-31(23-26)27-20-21-30-35-29-16-8-10-18-34(29)44-39(35)45-38(30)37(27)43(33)40-41-32-17-9-7-15-28(32)36(42-40)25-13-5-2-6-14-25/h1-23H. The van der Waals surface area contributed by atoms with Gasteiger partial charge in [0.05, 0.1) is 31.0 Å². The van der Waals surface area contributed by atoms with E-state index in [1.54, 1.807) is 0 Å². The highest BCUT2D eigenvalue weighted by molar-refractivity contribution is 7.45. The Bertz CT molecular complexity index is 2750. The molecule has 0 bridgehead atoms. The third-order valence-electron chi connectivity index (χ3n) is 8.86. The number of hydrogen-bond donors (Lipinski definition) is 0. The fraction of sp³-hybridized carbons (Fsp3) is 0. The van der Waals surface area contributed by atoms with E-state index >= 15 is 0 Å². The molecular formula is C40H23N3S2. The second-order valence-corrected chi connectivity index (χ2v) is 13.7. The predicted octanol–water partition coefficient (Wildman–Crippen LogP) is 11.6. The largest absolute Gasteiger partial charge is 0.276 e. The average molecular weight is 610 g/mol. The zero-order valence-corrected chi connectivity index (χ0v) is 25.6. The van der Waals surface area contributed by atoms with Crippen molar-refractivity contribution in [3.05, 3.63) is 140 Å². The zero-order valence-electron chi connectivity index (χ0n) is 23.9. The van der Waals surface area contributed by atoms with E-state index in [4.69, 9.17) is 9.97 Å². The number of aromatic nitrogens is 3. The van der Waals surface area contributed by atoms with E-state index in [1.165, 1.54) is 57.0 Å². The maximum atomic E-state index is 5.35.